The van der Waals surface area contributed by atoms with Crippen LogP contribution in [0.5, 0.6) is 0 Å². The van der Waals surface area contributed by atoms with Gasteiger partial charge in [0.05, 0.1) is 6.61 Å². The largest absolute Gasteiger partial charge is 0.395 e. The fourth-order valence-electron chi connectivity index (χ4n) is 1.46. The first kappa shape index (κ1) is 14.0. The first-order valence-electron chi connectivity index (χ1n) is 5.55. The maximum Gasteiger partial charge on any atom is 0.317 e. The van der Waals surface area contributed by atoms with Gasteiger partial charge in [-0.05, 0) is 24.6 Å². The van der Waals surface area contributed by atoms with E-state index in [1.54, 1.807) is 4.90 Å². The third-order valence-electron chi connectivity index (χ3n) is 2.37. The van der Waals surface area contributed by atoms with Crippen LogP contribution in [0.1, 0.15) is 12.5 Å². The number of carbonyl (C=O) groups is 1. The smallest absolute Gasteiger partial charge is 0.317 e. The lowest BCUT2D eigenvalue weighted by Crippen LogP contribution is -2.41. The summed E-state index contributed by atoms with van der Waals surface area (Å²) in [4.78, 5) is 13.3. The molecule has 1 aromatic carbocycles. The van der Waals surface area contributed by atoms with Crippen molar-refractivity contribution in [2.24, 2.45) is 0 Å². The van der Waals surface area contributed by atoms with Crippen LogP contribution in [-0.2, 0) is 6.54 Å². The number of urea groups is 1. The molecule has 17 heavy (non-hydrogen) atoms. The van der Waals surface area contributed by atoms with Crippen LogP contribution >= 0.6 is 15.9 Å². The van der Waals surface area contributed by atoms with Crippen LogP contribution < -0.4 is 5.32 Å². The number of halogens is 1. The van der Waals surface area contributed by atoms with Crippen molar-refractivity contribution in [1.82, 2.24) is 10.2 Å². The number of aliphatic hydroxyl groups is 1. The number of benzene rings is 1. The van der Waals surface area contributed by atoms with Gasteiger partial charge in [0.1, 0.15) is 0 Å². The fourth-order valence-corrected chi connectivity index (χ4v) is 1.91. The maximum absolute atomic E-state index is 11.7. The number of hydrogen-bond acceptors (Lipinski definition) is 2. The normalized spacial score (nSPS) is 10.1. The topological polar surface area (TPSA) is 52.6 Å². The van der Waals surface area contributed by atoms with Crippen molar-refractivity contribution in [2.75, 3.05) is 19.7 Å². The lowest BCUT2D eigenvalue weighted by Gasteiger charge is -2.20. The number of amides is 2. The third kappa shape index (κ3) is 4.75. The molecular weight excluding hydrogens is 284 g/mol. The van der Waals surface area contributed by atoms with E-state index in [0.717, 1.165) is 10.0 Å². The number of aliphatic hydroxyl groups excluding tert-OH is 1. The van der Waals surface area contributed by atoms with Crippen molar-refractivity contribution in [3.8, 4) is 0 Å². The minimum atomic E-state index is -0.151. The minimum Gasteiger partial charge on any atom is -0.395 e. The molecule has 0 saturated carbocycles. The summed E-state index contributed by atoms with van der Waals surface area (Å²) in [5, 5.41) is 11.6. The van der Waals surface area contributed by atoms with E-state index in [2.05, 4.69) is 21.2 Å². The van der Waals surface area contributed by atoms with Crippen LogP contribution in [0, 0.1) is 0 Å². The van der Waals surface area contributed by atoms with Crippen molar-refractivity contribution in [2.45, 2.75) is 13.5 Å². The standard InChI is InChI=1S/C12H17BrN2O2/c1-2-15(6-7-16)12(17)14-9-10-4-3-5-11(13)8-10/h3-5,8,16H,2,6-7,9H2,1H3,(H,14,17). The second-order valence-electron chi connectivity index (χ2n) is 3.59. The SMILES string of the molecule is CCN(CCO)C(=O)NCc1cccc(Br)c1. The highest BCUT2D eigenvalue weighted by Crippen LogP contribution is 2.11. The quantitative estimate of drug-likeness (QED) is 0.873. The molecule has 0 aliphatic rings. The van der Waals surface area contributed by atoms with Crippen LogP contribution in [0.25, 0.3) is 0 Å². The van der Waals surface area contributed by atoms with E-state index in [9.17, 15) is 4.79 Å². The Morgan fingerprint density at radius 2 is 2.29 bits per heavy atom. The van der Waals surface area contributed by atoms with Gasteiger partial charge in [0, 0.05) is 24.1 Å². The van der Waals surface area contributed by atoms with Gasteiger partial charge in [-0.2, -0.15) is 0 Å². The average molecular weight is 301 g/mol. The Morgan fingerprint density at radius 1 is 1.53 bits per heavy atom. The summed E-state index contributed by atoms with van der Waals surface area (Å²) in [6, 6.07) is 7.63. The first-order chi connectivity index (χ1) is 8.17. The molecule has 0 saturated heterocycles. The van der Waals surface area contributed by atoms with E-state index in [-0.39, 0.29) is 12.6 Å². The highest BCUT2D eigenvalue weighted by molar-refractivity contribution is 9.10. The Labute approximate surface area is 110 Å². The van der Waals surface area contributed by atoms with E-state index in [4.69, 9.17) is 5.11 Å². The molecule has 0 aromatic heterocycles. The monoisotopic (exact) mass is 300 g/mol. The number of hydrogen-bond donors (Lipinski definition) is 2. The average Bonchev–Trinajstić information content (AvgIpc) is 2.33. The predicted molar refractivity (Wildman–Crippen MR) is 70.7 cm³/mol. The summed E-state index contributed by atoms with van der Waals surface area (Å²) in [6.45, 7) is 3.30. The number of nitrogens with one attached hydrogen (secondary N) is 1. The molecule has 0 bridgehead atoms. The van der Waals surface area contributed by atoms with E-state index in [0.29, 0.717) is 19.6 Å². The number of carbonyl (C=O) groups excluding carboxylic acids is 1. The molecule has 0 spiro atoms. The number of likely N-dealkylation sites (N-methyl/N-ethyl adjacent to an activating group) is 1. The van der Waals surface area contributed by atoms with E-state index >= 15 is 0 Å². The van der Waals surface area contributed by atoms with Gasteiger partial charge in [0.15, 0.2) is 0 Å². The highest BCUT2D eigenvalue weighted by atomic mass is 79.9. The molecular formula is C12H17BrN2O2. The van der Waals surface area contributed by atoms with Gasteiger partial charge in [0.25, 0.3) is 0 Å². The van der Waals surface area contributed by atoms with E-state index in [1.165, 1.54) is 0 Å². The van der Waals surface area contributed by atoms with E-state index < -0.39 is 0 Å². The molecule has 1 aromatic rings. The second kappa shape index (κ2) is 7.29. The Morgan fingerprint density at radius 3 is 2.88 bits per heavy atom. The van der Waals surface area contributed by atoms with Gasteiger partial charge >= 0.3 is 6.03 Å². The molecule has 2 amide bonds. The molecule has 4 nitrogen and oxygen atoms in total. The van der Waals surface area contributed by atoms with Crippen molar-refractivity contribution in [3.63, 3.8) is 0 Å². The molecule has 0 atom stereocenters. The molecule has 0 radical (unpaired) electrons. The molecule has 0 aliphatic heterocycles. The fraction of sp³-hybridized carbons (Fsp3) is 0.417. The summed E-state index contributed by atoms with van der Waals surface area (Å²) < 4.78 is 0.993. The van der Waals surface area contributed by atoms with Crippen molar-refractivity contribution in [3.05, 3.63) is 34.3 Å². The molecule has 1 rings (SSSR count). The van der Waals surface area contributed by atoms with Gasteiger partial charge in [0.2, 0.25) is 0 Å². The molecule has 0 heterocycles. The Kier molecular flexibility index (Phi) is 6.00. The third-order valence-corrected chi connectivity index (χ3v) is 2.86. The summed E-state index contributed by atoms with van der Waals surface area (Å²) in [7, 11) is 0. The number of nitrogens with zero attached hydrogens (tertiary/aromatic N) is 1. The summed E-state index contributed by atoms with van der Waals surface area (Å²) >= 11 is 3.38. The molecule has 5 heteroatoms. The summed E-state index contributed by atoms with van der Waals surface area (Å²) in [6.07, 6.45) is 0. The Balaban J connectivity index is 2.47. The van der Waals surface area contributed by atoms with Crippen LogP contribution in [0.3, 0.4) is 0 Å². The Bertz CT molecular complexity index is 371. The minimum absolute atomic E-state index is 0.0157. The predicted octanol–water partition coefficient (Wildman–Crippen LogP) is 1.97. The molecule has 0 unspecified atom stereocenters. The lowest BCUT2D eigenvalue weighted by molar-refractivity contribution is 0.180. The molecule has 94 valence electrons. The number of rotatable bonds is 5. The van der Waals surface area contributed by atoms with Crippen molar-refractivity contribution < 1.29 is 9.90 Å². The molecule has 2 N–H and O–H groups in total. The van der Waals surface area contributed by atoms with Crippen LogP contribution in [0.15, 0.2) is 28.7 Å². The van der Waals surface area contributed by atoms with Gasteiger partial charge in [-0.3, -0.25) is 0 Å². The highest BCUT2D eigenvalue weighted by Gasteiger charge is 2.09. The van der Waals surface area contributed by atoms with Crippen LogP contribution in [0.2, 0.25) is 0 Å². The van der Waals surface area contributed by atoms with E-state index in [1.807, 2.05) is 31.2 Å². The zero-order chi connectivity index (χ0) is 12.7. The van der Waals surface area contributed by atoms with Crippen LogP contribution in [0.4, 0.5) is 4.79 Å². The lowest BCUT2D eigenvalue weighted by atomic mass is 10.2. The van der Waals surface area contributed by atoms with Crippen molar-refractivity contribution >= 4 is 22.0 Å². The summed E-state index contributed by atoms with van der Waals surface area (Å²) in [5.41, 5.74) is 1.03. The van der Waals surface area contributed by atoms with Gasteiger partial charge in [-0.1, -0.05) is 28.1 Å². The first-order valence-corrected chi connectivity index (χ1v) is 6.34. The zero-order valence-corrected chi connectivity index (χ0v) is 11.4. The van der Waals surface area contributed by atoms with Crippen molar-refractivity contribution in [1.29, 1.82) is 0 Å². The maximum atomic E-state index is 11.7. The zero-order valence-electron chi connectivity index (χ0n) is 9.82. The van der Waals surface area contributed by atoms with Gasteiger partial charge in [-0.15, -0.1) is 0 Å². The molecule has 0 fully saturated rings. The second-order valence-corrected chi connectivity index (χ2v) is 4.51. The Hall–Kier alpha value is -1.07. The van der Waals surface area contributed by atoms with Gasteiger partial charge < -0.3 is 15.3 Å². The van der Waals surface area contributed by atoms with Crippen LogP contribution in [-0.4, -0.2) is 35.7 Å². The van der Waals surface area contributed by atoms with Gasteiger partial charge in [-0.25, -0.2) is 4.79 Å². The summed E-state index contributed by atoms with van der Waals surface area (Å²) in [5.74, 6) is 0. The molecule has 0 aliphatic carbocycles.